The molecule has 0 unspecified atom stereocenters. The van der Waals surface area contributed by atoms with Crippen LogP contribution in [0.5, 0.6) is 0 Å². The van der Waals surface area contributed by atoms with Crippen molar-refractivity contribution in [1.29, 1.82) is 0 Å². The van der Waals surface area contributed by atoms with Gasteiger partial charge in [-0.25, -0.2) is 0 Å². The highest BCUT2D eigenvalue weighted by molar-refractivity contribution is 6.10. The molecule has 1 aliphatic rings. The van der Waals surface area contributed by atoms with Crippen molar-refractivity contribution in [2.75, 3.05) is 4.90 Å². The summed E-state index contributed by atoms with van der Waals surface area (Å²) < 4.78 is 0. The van der Waals surface area contributed by atoms with Gasteiger partial charge in [-0.3, -0.25) is 9.59 Å². The first-order valence-corrected chi connectivity index (χ1v) is 7.66. The Bertz CT molecular complexity index is 834. The van der Waals surface area contributed by atoms with Crippen LogP contribution < -0.4 is 4.90 Å². The number of allylic oxidation sites excluding steroid dienone is 1. The van der Waals surface area contributed by atoms with Gasteiger partial charge in [-0.05, 0) is 61.7 Å². The Labute approximate surface area is 136 Å². The third-order valence-corrected chi connectivity index (χ3v) is 4.14. The van der Waals surface area contributed by atoms with Crippen molar-refractivity contribution in [2.45, 2.75) is 27.3 Å². The average molecular weight is 305 g/mol. The van der Waals surface area contributed by atoms with Gasteiger partial charge in [0.15, 0.2) is 5.78 Å². The number of carbonyl (C=O) groups is 2. The fourth-order valence-corrected chi connectivity index (χ4v) is 2.81. The maximum absolute atomic E-state index is 12.7. The highest BCUT2D eigenvalue weighted by Gasteiger charge is 2.28. The molecule has 2 aromatic rings. The fourth-order valence-electron chi connectivity index (χ4n) is 2.81. The maximum atomic E-state index is 12.7. The van der Waals surface area contributed by atoms with Crippen molar-refractivity contribution in [3.8, 4) is 0 Å². The Morgan fingerprint density at radius 2 is 1.91 bits per heavy atom. The normalized spacial score (nSPS) is 13.7. The summed E-state index contributed by atoms with van der Waals surface area (Å²) in [7, 11) is 0. The number of amides is 1. The van der Waals surface area contributed by atoms with E-state index in [2.05, 4.69) is 0 Å². The molecule has 0 atom stereocenters. The number of ketones is 1. The minimum Gasteiger partial charge on any atom is -0.304 e. The van der Waals surface area contributed by atoms with E-state index in [4.69, 9.17) is 0 Å². The van der Waals surface area contributed by atoms with Gasteiger partial charge >= 0.3 is 0 Å². The molecule has 0 aromatic heterocycles. The number of fused-ring (bicyclic) bond motifs is 1. The smallest absolute Gasteiger partial charge is 0.258 e. The molecular weight excluding hydrogens is 286 g/mol. The lowest BCUT2D eigenvalue weighted by Gasteiger charge is -2.17. The number of benzene rings is 2. The van der Waals surface area contributed by atoms with Gasteiger partial charge in [-0.1, -0.05) is 29.8 Å². The monoisotopic (exact) mass is 305 g/mol. The first kappa shape index (κ1) is 15.2. The molecule has 0 fully saturated rings. The van der Waals surface area contributed by atoms with Crippen LogP contribution in [0.4, 0.5) is 5.69 Å². The standard InChI is InChI=1S/C20H19NO2/c1-13-4-7-17-12-21(20(23)19(17)10-13)18-9-5-14(2)16(11-18)8-6-15(3)22/h4-11H,12H2,1-3H3/b8-6-. The Morgan fingerprint density at radius 1 is 1.13 bits per heavy atom. The van der Waals surface area contributed by atoms with Gasteiger partial charge in [0.2, 0.25) is 0 Å². The summed E-state index contributed by atoms with van der Waals surface area (Å²) in [6.45, 7) is 6.10. The van der Waals surface area contributed by atoms with E-state index in [-0.39, 0.29) is 11.7 Å². The zero-order chi connectivity index (χ0) is 16.6. The SMILES string of the molecule is CC(=O)/C=C\c1cc(N2Cc3ccc(C)cc3C2=O)ccc1C. The number of hydrogen-bond acceptors (Lipinski definition) is 2. The van der Waals surface area contributed by atoms with Gasteiger partial charge in [0.1, 0.15) is 0 Å². The number of aryl methyl sites for hydroxylation is 2. The van der Waals surface area contributed by atoms with Crippen molar-refractivity contribution in [2.24, 2.45) is 0 Å². The molecule has 1 heterocycles. The number of hydrogen-bond donors (Lipinski definition) is 0. The molecule has 3 nitrogen and oxygen atoms in total. The summed E-state index contributed by atoms with van der Waals surface area (Å²) in [4.78, 5) is 25.6. The second-order valence-electron chi connectivity index (χ2n) is 6.04. The van der Waals surface area contributed by atoms with Crippen LogP contribution in [0, 0.1) is 13.8 Å². The molecule has 0 aliphatic carbocycles. The minimum absolute atomic E-state index is 0.00920. The van der Waals surface area contributed by atoms with Crippen LogP contribution in [0.2, 0.25) is 0 Å². The fraction of sp³-hybridized carbons (Fsp3) is 0.200. The third kappa shape index (κ3) is 2.95. The largest absolute Gasteiger partial charge is 0.304 e. The lowest BCUT2D eigenvalue weighted by atomic mass is 10.1. The molecule has 3 rings (SSSR count). The van der Waals surface area contributed by atoms with Gasteiger partial charge in [-0.15, -0.1) is 0 Å². The van der Waals surface area contributed by atoms with Crippen molar-refractivity contribution in [3.05, 3.63) is 70.3 Å². The van der Waals surface area contributed by atoms with Gasteiger partial charge in [0.05, 0.1) is 6.54 Å². The van der Waals surface area contributed by atoms with E-state index >= 15 is 0 Å². The molecular formula is C20H19NO2. The van der Waals surface area contributed by atoms with E-state index in [1.165, 1.54) is 6.92 Å². The van der Waals surface area contributed by atoms with E-state index < -0.39 is 0 Å². The van der Waals surface area contributed by atoms with Crippen LogP contribution in [0.25, 0.3) is 6.08 Å². The van der Waals surface area contributed by atoms with Gasteiger partial charge < -0.3 is 4.90 Å². The van der Waals surface area contributed by atoms with Crippen LogP contribution in [-0.4, -0.2) is 11.7 Å². The summed E-state index contributed by atoms with van der Waals surface area (Å²) in [5.74, 6) is 0.0454. The summed E-state index contributed by atoms with van der Waals surface area (Å²) in [5, 5.41) is 0. The average Bonchev–Trinajstić information content (AvgIpc) is 2.83. The summed E-state index contributed by atoms with van der Waals surface area (Å²) in [6.07, 6.45) is 3.36. The lowest BCUT2D eigenvalue weighted by Crippen LogP contribution is -2.23. The first-order chi connectivity index (χ1) is 11.0. The first-order valence-electron chi connectivity index (χ1n) is 7.66. The van der Waals surface area contributed by atoms with Crippen molar-refractivity contribution in [3.63, 3.8) is 0 Å². The van der Waals surface area contributed by atoms with Gasteiger partial charge in [0, 0.05) is 11.3 Å². The minimum atomic E-state index is 0.00920. The Kier molecular flexibility index (Phi) is 3.87. The van der Waals surface area contributed by atoms with Gasteiger partial charge in [0.25, 0.3) is 5.91 Å². The number of carbonyl (C=O) groups excluding carboxylic acids is 2. The van der Waals surface area contributed by atoms with E-state index in [0.29, 0.717) is 6.54 Å². The molecule has 0 bridgehead atoms. The summed E-state index contributed by atoms with van der Waals surface area (Å²) in [5.41, 5.74) is 5.82. The Balaban J connectivity index is 1.96. The molecule has 116 valence electrons. The zero-order valence-corrected chi connectivity index (χ0v) is 13.6. The summed E-state index contributed by atoms with van der Waals surface area (Å²) >= 11 is 0. The highest BCUT2D eigenvalue weighted by atomic mass is 16.2. The van der Waals surface area contributed by atoms with Crippen molar-refractivity contribution >= 4 is 23.5 Å². The molecule has 0 N–H and O–H groups in total. The maximum Gasteiger partial charge on any atom is 0.258 e. The van der Waals surface area contributed by atoms with Gasteiger partial charge in [-0.2, -0.15) is 0 Å². The quantitative estimate of drug-likeness (QED) is 0.802. The Hall–Kier alpha value is -2.68. The van der Waals surface area contributed by atoms with Crippen molar-refractivity contribution in [1.82, 2.24) is 0 Å². The highest BCUT2D eigenvalue weighted by Crippen LogP contribution is 2.30. The van der Waals surface area contributed by atoms with Crippen molar-refractivity contribution < 1.29 is 9.59 Å². The topological polar surface area (TPSA) is 37.4 Å². The van der Waals surface area contributed by atoms with Crippen LogP contribution in [0.15, 0.2) is 42.5 Å². The zero-order valence-electron chi connectivity index (χ0n) is 13.6. The molecule has 0 spiro atoms. The predicted molar refractivity (Wildman–Crippen MR) is 92.6 cm³/mol. The molecule has 2 aromatic carbocycles. The van der Waals surface area contributed by atoms with Crippen LogP contribution >= 0.6 is 0 Å². The van der Waals surface area contributed by atoms with E-state index in [1.54, 1.807) is 17.1 Å². The second kappa shape index (κ2) is 5.84. The predicted octanol–water partition coefficient (Wildman–Crippen LogP) is 4.07. The van der Waals surface area contributed by atoms with Crippen LogP contribution in [0.3, 0.4) is 0 Å². The second-order valence-corrected chi connectivity index (χ2v) is 6.04. The Morgan fingerprint density at radius 3 is 2.65 bits per heavy atom. The molecule has 0 saturated carbocycles. The third-order valence-electron chi connectivity index (χ3n) is 4.14. The van der Waals surface area contributed by atoms with E-state index in [0.717, 1.165) is 33.5 Å². The molecule has 3 heteroatoms. The molecule has 0 saturated heterocycles. The molecule has 1 amide bonds. The molecule has 23 heavy (non-hydrogen) atoms. The van der Waals surface area contributed by atoms with E-state index in [9.17, 15) is 9.59 Å². The number of rotatable bonds is 3. The lowest BCUT2D eigenvalue weighted by molar-refractivity contribution is -0.112. The van der Waals surface area contributed by atoms with E-state index in [1.807, 2.05) is 50.2 Å². The molecule has 0 radical (unpaired) electrons. The van der Waals surface area contributed by atoms with Crippen LogP contribution in [-0.2, 0) is 11.3 Å². The number of anilines is 1. The number of nitrogens with zero attached hydrogens (tertiary/aromatic N) is 1. The summed E-state index contributed by atoms with van der Waals surface area (Å²) in [6, 6.07) is 11.9. The van der Waals surface area contributed by atoms with Crippen LogP contribution in [0.1, 0.15) is 39.5 Å². The molecule has 1 aliphatic heterocycles.